The SMILES string of the molecule is O=C(CN1C(=O)CCc2ccccc21)Nc1cccc(-n2cccn2)c1. The fourth-order valence-corrected chi connectivity index (χ4v) is 3.16. The van der Waals surface area contributed by atoms with Crippen molar-refractivity contribution >= 4 is 23.2 Å². The van der Waals surface area contributed by atoms with Crippen molar-refractivity contribution in [3.8, 4) is 5.69 Å². The van der Waals surface area contributed by atoms with Gasteiger partial charge in [0.05, 0.1) is 5.69 Å². The number of aromatic nitrogens is 2. The van der Waals surface area contributed by atoms with E-state index in [-0.39, 0.29) is 18.4 Å². The number of nitrogens with zero attached hydrogens (tertiary/aromatic N) is 3. The Morgan fingerprint density at radius 1 is 1.08 bits per heavy atom. The molecule has 0 radical (unpaired) electrons. The molecule has 0 bridgehead atoms. The Morgan fingerprint density at radius 3 is 2.81 bits per heavy atom. The molecule has 130 valence electrons. The van der Waals surface area contributed by atoms with Gasteiger partial charge < -0.3 is 10.2 Å². The van der Waals surface area contributed by atoms with Gasteiger partial charge in [-0.05, 0) is 42.3 Å². The average Bonchev–Trinajstić information content (AvgIpc) is 3.19. The second-order valence-electron chi connectivity index (χ2n) is 6.16. The van der Waals surface area contributed by atoms with Crippen LogP contribution in [0.4, 0.5) is 11.4 Å². The van der Waals surface area contributed by atoms with Gasteiger partial charge in [-0.1, -0.05) is 24.3 Å². The first-order chi connectivity index (χ1) is 12.7. The summed E-state index contributed by atoms with van der Waals surface area (Å²) in [4.78, 5) is 26.4. The van der Waals surface area contributed by atoms with Crippen LogP contribution in [-0.2, 0) is 16.0 Å². The number of fused-ring (bicyclic) bond motifs is 1. The average molecular weight is 346 g/mol. The van der Waals surface area contributed by atoms with Gasteiger partial charge in [-0.15, -0.1) is 0 Å². The molecule has 2 heterocycles. The van der Waals surface area contributed by atoms with Gasteiger partial charge in [0.2, 0.25) is 11.8 Å². The number of para-hydroxylation sites is 1. The van der Waals surface area contributed by atoms with Crippen LogP contribution in [-0.4, -0.2) is 28.1 Å². The predicted molar refractivity (Wildman–Crippen MR) is 99.3 cm³/mol. The molecular weight excluding hydrogens is 328 g/mol. The van der Waals surface area contributed by atoms with Crippen molar-refractivity contribution in [2.45, 2.75) is 12.8 Å². The second kappa shape index (κ2) is 6.84. The molecule has 0 atom stereocenters. The molecule has 6 nitrogen and oxygen atoms in total. The first kappa shape index (κ1) is 16.1. The maximum Gasteiger partial charge on any atom is 0.244 e. The van der Waals surface area contributed by atoms with Gasteiger partial charge in [0, 0.05) is 30.2 Å². The van der Waals surface area contributed by atoms with Crippen molar-refractivity contribution in [1.82, 2.24) is 9.78 Å². The maximum atomic E-state index is 12.5. The molecular formula is C20H18N4O2. The molecule has 1 N–H and O–H groups in total. The zero-order valence-corrected chi connectivity index (χ0v) is 14.1. The van der Waals surface area contributed by atoms with E-state index in [4.69, 9.17) is 0 Å². The van der Waals surface area contributed by atoms with Gasteiger partial charge in [0.25, 0.3) is 0 Å². The van der Waals surface area contributed by atoms with Crippen molar-refractivity contribution in [2.24, 2.45) is 0 Å². The highest BCUT2D eigenvalue weighted by molar-refractivity contribution is 6.04. The lowest BCUT2D eigenvalue weighted by atomic mass is 10.0. The number of nitrogens with one attached hydrogen (secondary N) is 1. The van der Waals surface area contributed by atoms with E-state index in [1.807, 2.05) is 60.8 Å². The number of hydrogen-bond donors (Lipinski definition) is 1. The van der Waals surface area contributed by atoms with Crippen LogP contribution in [0.1, 0.15) is 12.0 Å². The topological polar surface area (TPSA) is 67.2 Å². The Morgan fingerprint density at radius 2 is 1.96 bits per heavy atom. The first-order valence-corrected chi connectivity index (χ1v) is 8.49. The summed E-state index contributed by atoms with van der Waals surface area (Å²) in [6.45, 7) is 0.00183. The molecule has 4 rings (SSSR count). The fourth-order valence-electron chi connectivity index (χ4n) is 3.16. The Kier molecular flexibility index (Phi) is 4.23. The highest BCUT2D eigenvalue weighted by Crippen LogP contribution is 2.27. The molecule has 2 aromatic carbocycles. The summed E-state index contributed by atoms with van der Waals surface area (Å²) in [5.74, 6) is -0.253. The number of rotatable bonds is 4. The largest absolute Gasteiger partial charge is 0.324 e. The number of benzene rings is 2. The minimum absolute atomic E-state index is 0.00183. The lowest BCUT2D eigenvalue weighted by molar-refractivity contribution is -0.121. The first-order valence-electron chi connectivity index (χ1n) is 8.49. The molecule has 0 fully saturated rings. The molecule has 0 unspecified atom stereocenters. The Labute approximate surface area is 151 Å². The molecule has 0 saturated carbocycles. The molecule has 0 aliphatic carbocycles. The van der Waals surface area contributed by atoms with Gasteiger partial charge in [-0.2, -0.15) is 5.10 Å². The number of anilines is 2. The van der Waals surface area contributed by atoms with Gasteiger partial charge in [-0.25, -0.2) is 4.68 Å². The zero-order valence-electron chi connectivity index (χ0n) is 14.1. The van der Waals surface area contributed by atoms with Crippen LogP contribution in [0.3, 0.4) is 0 Å². The lowest BCUT2D eigenvalue weighted by Gasteiger charge is -2.28. The van der Waals surface area contributed by atoms with Crippen LogP contribution in [0.5, 0.6) is 0 Å². The molecule has 6 heteroatoms. The van der Waals surface area contributed by atoms with Crippen LogP contribution in [0.15, 0.2) is 67.0 Å². The summed E-state index contributed by atoms with van der Waals surface area (Å²) in [5.41, 5.74) is 3.44. The van der Waals surface area contributed by atoms with Crippen LogP contribution in [0.25, 0.3) is 5.69 Å². The standard InChI is InChI=1S/C20H18N4O2/c25-19(14-23-18-8-2-1-5-15(18)9-10-20(23)26)22-16-6-3-7-17(13-16)24-12-4-11-21-24/h1-8,11-13H,9-10,14H2,(H,22,25). The van der Waals surface area contributed by atoms with Crippen molar-refractivity contribution in [1.29, 1.82) is 0 Å². The van der Waals surface area contributed by atoms with Gasteiger partial charge in [0.15, 0.2) is 0 Å². The number of carbonyl (C=O) groups is 2. The number of amides is 2. The van der Waals surface area contributed by atoms with Crippen LogP contribution < -0.4 is 10.2 Å². The van der Waals surface area contributed by atoms with E-state index in [1.54, 1.807) is 15.8 Å². The second-order valence-corrected chi connectivity index (χ2v) is 6.16. The third-order valence-corrected chi connectivity index (χ3v) is 4.39. The van der Waals surface area contributed by atoms with E-state index in [2.05, 4.69) is 10.4 Å². The van der Waals surface area contributed by atoms with Crippen molar-refractivity contribution in [3.63, 3.8) is 0 Å². The predicted octanol–water partition coefficient (Wildman–Crippen LogP) is 2.79. The Balaban J connectivity index is 1.50. The van der Waals surface area contributed by atoms with E-state index in [9.17, 15) is 9.59 Å². The Bertz CT molecular complexity index is 950. The van der Waals surface area contributed by atoms with E-state index >= 15 is 0 Å². The normalized spacial score (nSPS) is 13.4. The molecule has 26 heavy (non-hydrogen) atoms. The minimum Gasteiger partial charge on any atom is -0.324 e. The molecule has 0 spiro atoms. The van der Waals surface area contributed by atoms with Crippen LogP contribution >= 0.6 is 0 Å². The zero-order chi connectivity index (χ0) is 17.9. The molecule has 0 saturated heterocycles. The van der Waals surface area contributed by atoms with E-state index in [0.717, 1.165) is 23.4 Å². The van der Waals surface area contributed by atoms with Gasteiger partial charge in [-0.3, -0.25) is 9.59 Å². The summed E-state index contributed by atoms with van der Waals surface area (Å²) in [5, 5.41) is 7.06. The molecule has 3 aromatic rings. The van der Waals surface area contributed by atoms with Crippen molar-refractivity contribution in [3.05, 3.63) is 72.6 Å². The highest BCUT2D eigenvalue weighted by Gasteiger charge is 2.25. The number of hydrogen-bond acceptors (Lipinski definition) is 3. The molecule has 2 amide bonds. The summed E-state index contributed by atoms with van der Waals surface area (Å²) in [6.07, 6.45) is 4.69. The summed E-state index contributed by atoms with van der Waals surface area (Å²) in [7, 11) is 0. The van der Waals surface area contributed by atoms with E-state index in [0.29, 0.717) is 12.1 Å². The van der Waals surface area contributed by atoms with Crippen molar-refractivity contribution < 1.29 is 9.59 Å². The summed E-state index contributed by atoms with van der Waals surface area (Å²) >= 11 is 0. The fraction of sp³-hybridized carbons (Fsp3) is 0.150. The highest BCUT2D eigenvalue weighted by atomic mass is 16.2. The smallest absolute Gasteiger partial charge is 0.244 e. The lowest BCUT2D eigenvalue weighted by Crippen LogP contribution is -2.40. The van der Waals surface area contributed by atoms with E-state index in [1.165, 1.54) is 0 Å². The molecule has 1 aromatic heterocycles. The van der Waals surface area contributed by atoms with Gasteiger partial charge in [0.1, 0.15) is 6.54 Å². The van der Waals surface area contributed by atoms with Crippen LogP contribution in [0.2, 0.25) is 0 Å². The summed E-state index contributed by atoms with van der Waals surface area (Å²) in [6, 6.07) is 17.0. The van der Waals surface area contributed by atoms with E-state index < -0.39 is 0 Å². The van der Waals surface area contributed by atoms with Crippen molar-refractivity contribution in [2.75, 3.05) is 16.8 Å². The van der Waals surface area contributed by atoms with Crippen LogP contribution in [0, 0.1) is 0 Å². The molecule has 1 aliphatic rings. The minimum atomic E-state index is -0.229. The quantitative estimate of drug-likeness (QED) is 0.790. The number of aryl methyl sites for hydroxylation is 1. The summed E-state index contributed by atoms with van der Waals surface area (Å²) < 4.78 is 1.72. The number of carbonyl (C=O) groups excluding carboxylic acids is 2. The third kappa shape index (κ3) is 3.21. The monoisotopic (exact) mass is 346 g/mol. The third-order valence-electron chi connectivity index (χ3n) is 4.39. The maximum absolute atomic E-state index is 12.5. The Hall–Kier alpha value is -3.41. The van der Waals surface area contributed by atoms with Gasteiger partial charge >= 0.3 is 0 Å². The molecule has 1 aliphatic heterocycles.